The number of alkyl halides is 3. The Morgan fingerprint density at radius 1 is 1.15 bits per heavy atom. The van der Waals surface area contributed by atoms with E-state index in [1.165, 1.54) is 18.2 Å². The molecule has 0 aliphatic rings. The minimum Gasteiger partial charge on any atom is -0.321 e. The fraction of sp³-hybridized carbons (Fsp3) is 0.176. The number of benzene rings is 2. The molecule has 1 atom stereocenters. The summed E-state index contributed by atoms with van der Waals surface area (Å²) in [4.78, 5) is 16.9. The number of fused-ring (bicyclic) bond motifs is 1. The van der Waals surface area contributed by atoms with Crippen LogP contribution in [0.5, 0.6) is 0 Å². The van der Waals surface area contributed by atoms with E-state index in [1.54, 1.807) is 0 Å². The third-order valence-corrected chi connectivity index (χ3v) is 4.08. The predicted octanol–water partition coefficient (Wildman–Crippen LogP) is 4.27. The van der Waals surface area contributed by atoms with Gasteiger partial charge in [-0.1, -0.05) is 17.7 Å². The van der Waals surface area contributed by atoms with Gasteiger partial charge in [0, 0.05) is 6.07 Å². The van der Waals surface area contributed by atoms with Gasteiger partial charge in [0.15, 0.2) is 0 Å². The number of hydrogen-bond donors (Lipinski definition) is 1. The highest BCUT2D eigenvalue weighted by molar-refractivity contribution is 6.35. The normalized spacial score (nSPS) is 13.1. The highest BCUT2D eigenvalue weighted by Gasteiger charge is 2.33. The van der Waals surface area contributed by atoms with Crippen LogP contribution in [0, 0.1) is 11.6 Å². The van der Waals surface area contributed by atoms with Gasteiger partial charge >= 0.3 is 6.18 Å². The standard InChI is InChI=1S/C17H11ClF5N3O/c18-11-2-1-3-13-14(11)16(27)26(10-5-8(19)4-9(20)6-10)15(25-13)12(24)7-17(21,22)23/h1-6,12H,7,24H2. The Balaban J connectivity index is 2.37. The smallest absolute Gasteiger partial charge is 0.321 e. The van der Waals surface area contributed by atoms with Crippen molar-refractivity contribution in [2.24, 2.45) is 5.73 Å². The summed E-state index contributed by atoms with van der Waals surface area (Å²) in [5, 5.41) is -0.113. The van der Waals surface area contributed by atoms with Gasteiger partial charge in [0.05, 0.1) is 34.1 Å². The summed E-state index contributed by atoms with van der Waals surface area (Å²) >= 11 is 6.01. The van der Waals surface area contributed by atoms with Crippen LogP contribution in [-0.4, -0.2) is 15.7 Å². The van der Waals surface area contributed by atoms with Gasteiger partial charge in [0.25, 0.3) is 5.56 Å². The summed E-state index contributed by atoms with van der Waals surface area (Å²) in [6.07, 6.45) is -6.12. The lowest BCUT2D eigenvalue weighted by atomic mass is 10.1. The Labute approximate surface area is 154 Å². The number of halogens is 6. The van der Waals surface area contributed by atoms with Crippen molar-refractivity contribution in [2.45, 2.75) is 18.6 Å². The van der Waals surface area contributed by atoms with E-state index in [0.29, 0.717) is 10.6 Å². The molecule has 0 saturated heterocycles. The van der Waals surface area contributed by atoms with Gasteiger partial charge in [-0.2, -0.15) is 13.2 Å². The first-order valence-corrected chi connectivity index (χ1v) is 7.94. The minimum absolute atomic E-state index is 0.00781. The van der Waals surface area contributed by atoms with Crippen molar-refractivity contribution in [1.29, 1.82) is 0 Å². The molecule has 1 aromatic heterocycles. The highest BCUT2D eigenvalue weighted by Crippen LogP contribution is 2.29. The maximum absolute atomic E-state index is 13.6. The van der Waals surface area contributed by atoms with E-state index in [2.05, 4.69) is 4.98 Å². The maximum Gasteiger partial charge on any atom is 0.391 e. The van der Waals surface area contributed by atoms with Crippen molar-refractivity contribution in [1.82, 2.24) is 9.55 Å². The van der Waals surface area contributed by atoms with Crippen molar-refractivity contribution in [2.75, 3.05) is 0 Å². The van der Waals surface area contributed by atoms with Gasteiger partial charge in [-0.25, -0.2) is 13.8 Å². The van der Waals surface area contributed by atoms with Crippen LogP contribution in [0.4, 0.5) is 22.0 Å². The number of nitrogens with two attached hydrogens (primary N) is 1. The monoisotopic (exact) mass is 403 g/mol. The Morgan fingerprint density at radius 2 is 1.78 bits per heavy atom. The zero-order valence-corrected chi connectivity index (χ0v) is 14.2. The lowest BCUT2D eigenvalue weighted by Gasteiger charge is -2.20. The highest BCUT2D eigenvalue weighted by atomic mass is 35.5. The molecule has 10 heteroatoms. The molecule has 3 rings (SSSR count). The second-order valence-electron chi connectivity index (χ2n) is 5.80. The topological polar surface area (TPSA) is 60.9 Å². The van der Waals surface area contributed by atoms with Crippen LogP contribution in [0.1, 0.15) is 18.3 Å². The van der Waals surface area contributed by atoms with Crippen molar-refractivity contribution in [3.8, 4) is 5.69 Å². The molecular weight excluding hydrogens is 393 g/mol. The molecule has 0 bridgehead atoms. The molecule has 0 radical (unpaired) electrons. The van der Waals surface area contributed by atoms with Crippen LogP contribution in [0.2, 0.25) is 5.02 Å². The first-order valence-electron chi connectivity index (χ1n) is 7.57. The van der Waals surface area contributed by atoms with Crippen LogP contribution in [0.25, 0.3) is 16.6 Å². The molecular formula is C17H11ClF5N3O. The van der Waals surface area contributed by atoms with Gasteiger partial charge in [-0.15, -0.1) is 0 Å². The Bertz CT molecular complexity index is 1060. The van der Waals surface area contributed by atoms with Crippen LogP contribution in [0.15, 0.2) is 41.2 Å². The summed E-state index contributed by atoms with van der Waals surface area (Å²) < 4.78 is 66.3. The molecule has 0 aliphatic heterocycles. The molecule has 1 unspecified atom stereocenters. The molecule has 2 aromatic carbocycles. The first-order chi connectivity index (χ1) is 12.6. The van der Waals surface area contributed by atoms with Crippen LogP contribution >= 0.6 is 11.6 Å². The van der Waals surface area contributed by atoms with Gasteiger partial charge in [-0.3, -0.25) is 9.36 Å². The summed E-state index contributed by atoms with van der Waals surface area (Å²) in [5.41, 5.74) is 4.42. The summed E-state index contributed by atoms with van der Waals surface area (Å²) in [6, 6.07) is 4.62. The van der Waals surface area contributed by atoms with E-state index >= 15 is 0 Å². The minimum atomic E-state index is -4.64. The molecule has 0 saturated carbocycles. The molecule has 0 spiro atoms. The van der Waals surface area contributed by atoms with Crippen molar-refractivity contribution in [3.63, 3.8) is 0 Å². The summed E-state index contributed by atoms with van der Waals surface area (Å²) in [7, 11) is 0. The number of nitrogens with zero attached hydrogens (tertiary/aromatic N) is 2. The quantitative estimate of drug-likeness (QED) is 0.664. The molecule has 0 fully saturated rings. The summed E-state index contributed by atoms with van der Waals surface area (Å²) in [6.45, 7) is 0. The third-order valence-electron chi connectivity index (χ3n) is 3.76. The fourth-order valence-electron chi connectivity index (χ4n) is 2.71. The van der Waals surface area contributed by atoms with Gasteiger partial charge < -0.3 is 5.73 Å². The largest absolute Gasteiger partial charge is 0.391 e. The maximum atomic E-state index is 13.6. The predicted molar refractivity (Wildman–Crippen MR) is 89.9 cm³/mol. The third kappa shape index (κ3) is 3.93. The van der Waals surface area contributed by atoms with Crippen molar-refractivity contribution in [3.05, 3.63) is 69.2 Å². The molecule has 2 N–H and O–H groups in total. The Kier molecular flexibility index (Phi) is 4.92. The average molecular weight is 404 g/mol. The van der Waals surface area contributed by atoms with Gasteiger partial charge in [-0.05, 0) is 24.3 Å². The van der Waals surface area contributed by atoms with Gasteiger partial charge in [0.2, 0.25) is 0 Å². The first kappa shape index (κ1) is 19.2. The zero-order valence-electron chi connectivity index (χ0n) is 13.4. The summed E-state index contributed by atoms with van der Waals surface area (Å²) in [5.74, 6) is -2.53. The van der Waals surface area contributed by atoms with Crippen molar-refractivity contribution >= 4 is 22.5 Å². The van der Waals surface area contributed by atoms with E-state index in [-0.39, 0.29) is 21.6 Å². The molecule has 0 aliphatic carbocycles. The molecule has 3 aromatic rings. The number of aromatic nitrogens is 2. The van der Waals surface area contributed by atoms with Crippen LogP contribution in [-0.2, 0) is 0 Å². The molecule has 142 valence electrons. The number of hydrogen-bond acceptors (Lipinski definition) is 3. The van der Waals surface area contributed by atoms with Crippen molar-refractivity contribution < 1.29 is 22.0 Å². The SMILES string of the molecule is NC(CC(F)(F)F)c1nc2cccc(Cl)c2c(=O)n1-c1cc(F)cc(F)c1. The lowest BCUT2D eigenvalue weighted by Crippen LogP contribution is -2.31. The lowest BCUT2D eigenvalue weighted by molar-refractivity contribution is -0.139. The van der Waals surface area contributed by atoms with E-state index in [1.807, 2.05) is 0 Å². The zero-order chi connectivity index (χ0) is 19.9. The van der Waals surface area contributed by atoms with E-state index in [0.717, 1.165) is 12.1 Å². The average Bonchev–Trinajstić information content (AvgIpc) is 2.51. The fourth-order valence-corrected chi connectivity index (χ4v) is 2.96. The molecule has 4 nitrogen and oxygen atoms in total. The van der Waals surface area contributed by atoms with E-state index in [4.69, 9.17) is 17.3 Å². The van der Waals surface area contributed by atoms with Crippen LogP contribution < -0.4 is 11.3 Å². The molecule has 27 heavy (non-hydrogen) atoms. The van der Waals surface area contributed by atoms with Gasteiger partial charge in [0.1, 0.15) is 17.5 Å². The molecule has 0 amide bonds. The van der Waals surface area contributed by atoms with Crippen LogP contribution in [0.3, 0.4) is 0 Å². The Hall–Kier alpha value is -2.52. The Morgan fingerprint density at radius 3 is 2.37 bits per heavy atom. The number of rotatable bonds is 3. The van der Waals surface area contributed by atoms with E-state index in [9.17, 15) is 26.7 Å². The second kappa shape index (κ2) is 6.90. The second-order valence-corrected chi connectivity index (χ2v) is 6.21. The molecule has 1 heterocycles. The van der Waals surface area contributed by atoms with E-state index < -0.39 is 41.7 Å².